The maximum absolute atomic E-state index is 5.52. The van der Waals surface area contributed by atoms with Crippen molar-refractivity contribution >= 4 is 0 Å². The van der Waals surface area contributed by atoms with Crippen molar-refractivity contribution in [2.75, 3.05) is 0 Å². The van der Waals surface area contributed by atoms with Crippen molar-refractivity contribution in [1.29, 1.82) is 0 Å². The van der Waals surface area contributed by atoms with Crippen molar-refractivity contribution < 1.29 is 0 Å². The van der Waals surface area contributed by atoms with Gasteiger partial charge in [0.2, 0.25) is 0 Å². The molecule has 2 heteroatoms. The first-order valence-corrected chi connectivity index (χ1v) is 5.03. The second-order valence-electron chi connectivity index (χ2n) is 5.23. The summed E-state index contributed by atoms with van der Waals surface area (Å²) in [5.41, 5.74) is 3.54. The lowest BCUT2D eigenvalue weighted by Gasteiger charge is -2.62. The Balaban J connectivity index is 2.11. The fraction of sp³-hybridized carbons (Fsp3) is 1.00. The van der Waals surface area contributed by atoms with Crippen LogP contribution in [0.5, 0.6) is 0 Å². The molecule has 0 spiro atoms. The van der Waals surface area contributed by atoms with E-state index in [2.05, 4.69) is 26.2 Å². The Morgan fingerprint density at radius 1 is 1.33 bits per heavy atom. The molecule has 0 amide bonds. The third-order valence-corrected chi connectivity index (χ3v) is 4.57. The quantitative estimate of drug-likeness (QED) is 0.460. The monoisotopic (exact) mass is 168 g/mol. The highest BCUT2D eigenvalue weighted by Crippen LogP contribution is 2.60. The van der Waals surface area contributed by atoms with E-state index in [1.807, 2.05) is 0 Å². The molecule has 12 heavy (non-hydrogen) atoms. The topological polar surface area (TPSA) is 38.0 Å². The molecule has 2 bridgehead atoms. The lowest BCUT2D eigenvalue weighted by Crippen LogP contribution is -2.61. The summed E-state index contributed by atoms with van der Waals surface area (Å²) in [6.07, 6.45) is 2.72. The first kappa shape index (κ1) is 8.52. The van der Waals surface area contributed by atoms with Crippen LogP contribution in [0.15, 0.2) is 0 Å². The highest BCUT2D eigenvalue weighted by molar-refractivity contribution is 5.06. The standard InChI is InChI=1S/C10H20N2/c1-6-8-4-7(10(8,2)3)5-9(6)12-11/h6-9,12H,4-5,11H2,1-3H3/t6-,7-,8+,9-/m0/s1. The van der Waals surface area contributed by atoms with Gasteiger partial charge in [0.25, 0.3) is 0 Å². The van der Waals surface area contributed by atoms with Gasteiger partial charge in [-0.1, -0.05) is 20.8 Å². The lowest BCUT2D eigenvalue weighted by molar-refractivity contribution is -0.115. The average Bonchev–Trinajstić information content (AvgIpc) is 2.03. The summed E-state index contributed by atoms with van der Waals surface area (Å²) in [5.74, 6) is 8.09. The molecule has 3 aliphatic rings. The van der Waals surface area contributed by atoms with E-state index in [4.69, 9.17) is 5.84 Å². The molecule has 70 valence electrons. The summed E-state index contributed by atoms with van der Waals surface area (Å²) >= 11 is 0. The van der Waals surface area contributed by atoms with Gasteiger partial charge in [0.05, 0.1) is 0 Å². The molecule has 0 unspecified atom stereocenters. The fourth-order valence-electron chi connectivity index (χ4n) is 3.37. The van der Waals surface area contributed by atoms with Crippen LogP contribution in [0, 0.1) is 23.2 Å². The minimum Gasteiger partial charge on any atom is -0.271 e. The maximum atomic E-state index is 5.52. The predicted molar refractivity (Wildman–Crippen MR) is 50.3 cm³/mol. The van der Waals surface area contributed by atoms with Crippen molar-refractivity contribution in [3.05, 3.63) is 0 Å². The smallest absolute Gasteiger partial charge is 0.0241 e. The maximum Gasteiger partial charge on any atom is 0.0241 e. The van der Waals surface area contributed by atoms with Gasteiger partial charge in [-0.05, 0) is 36.0 Å². The molecule has 4 atom stereocenters. The average molecular weight is 168 g/mol. The third-order valence-electron chi connectivity index (χ3n) is 4.57. The van der Waals surface area contributed by atoms with Crippen molar-refractivity contribution in [2.45, 2.75) is 39.7 Å². The molecule has 0 aromatic heterocycles. The first-order valence-electron chi connectivity index (χ1n) is 5.03. The van der Waals surface area contributed by atoms with Crippen LogP contribution in [-0.4, -0.2) is 6.04 Å². The molecule has 3 aliphatic carbocycles. The van der Waals surface area contributed by atoms with Crippen LogP contribution >= 0.6 is 0 Å². The van der Waals surface area contributed by atoms with Gasteiger partial charge in [0, 0.05) is 6.04 Å². The zero-order chi connectivity index (χ0) is 8.93. The highest BCUT2D eigenvalue weighted by Gasteiger charge is 2.55. The van der Waals surface area contributed by atoms with E-state index in [1.165, 1.54) is 12.8 Å². The molecule has 0 radical (unpaired) electrons. The molecule has 2 nitrogen and oxygen atoms in total. The van der Waals surface area contributed by atoms with Crippen LogP contribution in [0.1, 0.15) is 33.6 Å². The highest BCUT2D eigenvalue weighted by atomic mass is 15.2. The number of hydrogen-bond donors (Lipinski definition) is 2. The summed E-state index contributed by atoms with van der Waals surface area (Å²) in [7, 11) is 0. The van der Waals surface area contributed by atoms with E-state index < -0.39 is 0 Å². The molecule has 3 fully saturated rings. The Bertz CT molecular complexity index is 188. The second-order valence-corrected chi connectivity index (χ2v) is 5.23. The fourth-order valence-corrected chi connectivity index (χ4v) is 3.37. The van der Waals surface area contributed by atoms with Gasteiger partial charge in [-0.15, -0.1) is 0 Å². The minimum absolute atomic E-state index is 0.571. The summed E-state index contributed by atoms with van der Waals surface area (Å²) in [6, 6.07) is 0.571. The van der Waals surface area contributed by atoms with Crippen molar-refractivity contribution in [2.24, 2.45) is 29.0 Å². The van der Waals surface area contributed by atoms with E-state index in [9.17, 15) is 0 Å². The zero-order valence-electron chi connectivity index (χ0n) is 8.30. The Kier molecular flexibility index (Phi) is 1.74. The van der Waals surface area contributed by atoms with Gasteiger partial charge >= 0.3 is 0 Å². The van der Waals surface area contributed by atoms with Gasteiger partial charge < -0.3 is 0 Å². The third kappa shape index (κ3) is 0.882. The molecule has 0 aromatic carbocycles. The van der Waals surface area contributed by atoms with E-state index in [0.29, 0.717) is 11.5 Å². The zero-order valence-corrected chi connectivity index (χ0v) is 8.30. The lowest BCUT2D eigenvalue weighted by atomic mass is 9.45. The Labute approximate surface area is 74.9 Å². The number of hydrazine groups is 1. The van der Waals surface area contributed by atoms with Gasteiger partial charge in [-0.2, -0.15) is 0 Å². The number of rotatable bonds is 1. The van der Waals surface area contributed by atoms with Crippen LogP contribution in [0.4, 0.5) is 0 Å². The molecule has 0 saturated heterocycles. The van der Waals surface area contributed by atoms with Gasteiger partial charge in [-0.3, -0.25) is 11.3 Å². The molecule has 3 saturated carbocycles. The normalized spacial score (nSPS) is 50.0. The Morgan fingerprint density at radius 3 is 2.42 bits per heavy atom. The number of nitrogens with one attached hydrogen (secondary N) is 1. The minimum atomic E-state index is 0.571. The van der Waals surface area contributed by atoms with E-state index in [-0.39, 0.29) is 0 Å². The van der Waals surface area contributed by atoms with Crippen LogP contribution in [-0.2, 0) is 0 Å². The number of fused-ring (bicyclic) bond motifs is 2. The van der Waals surface area contributed by atoms with Gasteiger partial charge in [0.1, 0.15) is 0 Å². The summed E-state index contributed by atoms with van der Waals surface area (Å²) < 4.78 is 0. The first-order chi connectivity index (χ1) is 5.57. The largest absolute Gasteiger partial charge is 0.271 e. The molecule has 0 heterocycles. The van der Waals surface area contributed by atoms with Crippen LogP contribution in [0.25, 0.3) is 0 Å². The summed E-state index contributed by atoms with van der Waals surface area (Å²) in [5, 5.41) is 0. The summed E-state index contributed by atoms with van der Waals surface area (Å²) in [6.45, 7) is 7.16. The molecule has 0 aromatic rings. The molecule has 3 rings (SSSR count). The summed E-state index contributed by atoms with van der Waals surface area (Å²) in [4.78, 5) is 0. The number of hydrogen-bond acceptors (Lipinski definition) is 2. The van der Waals surface area contributed by atoms with E-state index in [0.717, 1.165) is 17.8 Å². The SMILES string of the molecule is C[C@@H]1[C@@H](NN)C[C@@H]2C[C@H]1C2(C)C. The van der Waals surface area contributed by atoms with Crippen LogP contribution < -0.4 is 11.3 Å². The van der Waals surface area contributed by atoms with Crippen molar-refractivity contribution in [3.8, 4) is 0 Å². The Morgan fingerprint density at radius 2 is 2.00 bits per heavy atom. The van der Waals surface area contributed by atoms with Gasteiger partial charge in [-0.25, -0.2) is 0 Å². The molecule has 0 aliphatic heterocycles. The van der Waals surface area contributed by atoms with Crippen LogP contribution in [0.3, 0.4) is 0 Å². The predicted octanol–water partition coefficient (Wildman–Crippen LogP) is 1.52. The van der Waals surface area contributed by atoms with Crippen LogP contribution in [0.2, 0.25) is 0 Å². The number of nitrogens with two attached hydrogens (primary N) is 1. The second kappa shape index (κ2) is 2.46. The molecular weight excluding hydrogens is 148 g/mol. The van der Waals surface area contributed by atoms with E-state index >= 15 is 0 Å². The van der Waals surface area contributed by atoms with E-state index in [1.54, 1.807) is 0 Å². The molecular formula is C10H20N2. The van der Waals surface area contributed by atoms with Crippen molar-refractivity contribution in [1.82, 2.24) is 5.43 Å². The van der Waals surface area contributed by atoms with Gasteiger partial charge in [0.15, 0.2) is 0 Å². The molecule has 3 N–H and O–H groups in total. The Hall–Kier alpha value is -0.0800. The van der Waals surface area contributed by atoms with Crippen molar-refractivity contribution in [3.63, 3.8) is 0 Å².